The summed E-state index contributed by atoms with van der Waals surface area (Å²) < 4.78 is 7.14. The highest BCUT2D eigenvalue weighted by atomic mass is 32.1. The van der Waals surface area contributed by atoms with Gasteiger partial charge in [-0.1, -0.05) is 0 Å². The van der Waals surface area contributed by atoms with E-state index in [1.807, 2.05) is 25.7 Å². The molecule has 1 unspecified atom stereocenters. The lowest BCUT2D eigenvalue weighted by atomic mass is 10.1. The molecule has 0 aliphatic carbocycles. The molecule has 2 aromatic heterocycles. The van der Waals surface area contributed by atoms with Crippen molar-refractivity contribution in [2.24, 2.45) is 7.05 Å². The summed E-state index contributed by atoms with van der Waals surface area (Å²) in [6.07, 6.45) is 1.72. The second kappa shape index (κ2) is 4.85. The van der Waals surface area contributed by atoms with Crippen LogP contribution in [0.4, 0.5) is 0 Å². The average molecular weight is 252 g/mol. The predicted octanol–water partition coefficient (Wildman–Crippen LogP) is 1.50. The third kappa shape index (κ3) is 2.18. The number of thiazole rings is 1. The molecule has 0 radical (unpaired) electrons. The van der Waals surface area contributed by atoms with Crippen LogP contribution in [0, 0.1) is 6.92 Å². The molecule has 6 heteroatoms. The van der Waals surface area contributed by atoms with E-state index < -0.39 is 0 Å². The fraction of sp³-hybridized carbons (Fsp3) is 0.455. The van der Waals surface area contributed by atoms with Crippen molar-refractivity contribution >= 4 is 11.3 Å². The molecule has 0 spiro atoms. The molecule has 0 aliphatic rings. The zero-order valence-corrected chi connectivity index (χ0v) is 11.2. The van der Waals surface area contributed by atoms with Gasteiger partial charge in [0.2, 0.25) is 0 Å². The third-order valence-corrected chi connectivity index (χ3v) is 3.46. The molecular formula is C11H16N4OS. The minimum atomic E-state index is 0.00222. The minimum Gasteiger partial charge on any atom is -0.493 e. The summed E-state index contributed by atoms with van der Waals surface area (Å²) in [5, 5.41) is 10.6. The molecule has 0 bridgehead atoms. The van der Waals surface area contributed by atoms with E-state index in [4.69, 9.17) is 4.74 Å². The lowest BCUT2D eigenvalue weighted by Crippen LogP contribution is -2.21. The number of hydrogen-bond acceptors (Lipinski definition) is 5. The molecule has 0 saturated heterocycles. The third-order valence-electron chi connectivity index (χ3n) is 2.66. The van der Waals surface area contributed by atoms with Crippen LogP contribution in [0.2, 0.25) is 0 Å². The first-order valence-corrected chi connectivity index (χ1v) is 6.20. The van der Waals surface area contributed by atoms with Crippen LogP contribution in [0.5, 0.6) is 5.75 Å². The highest BCUT2D eigenvalue weighted by Gasteiger charge is 2.22. The van der Waals surface area contributed by atoms with Crippen molar-refractivity contribution in [1.82, 2.24) is 20.1 Å². The molecule has 5 nitrogen and oxygen atoms in total. The summed E-state index contributed by atoms with van der Waals surface area (Å²) in [6.45, 7) is 2.00. The molecule has 0 aromatic carbocycles. The van der Waals surface area contributed by atoms with E-state index in [0.717, 1.165) is 22.1 Å². The maximum absolute atomic E-state index is 5.33. The second-order valence-electron chi connectivity index (χ2n) is 3.73. The van der Waals surface area contributed by atoms with Gasteiger partial charge in [0.25, 0.3) is 0 Å². The Hall–Kier alpha value is -1.40. The van der Waals surface area contributed by atoms with Crippen molar-refractivity contribution in [1.29, 1.82) is 0 Å². The van der Waals surface area contributed by atoms with E-state index in [1.165, 1.54) is 0 Å². The molecular weight excluding hydrogens is 236 g/mol. The van der Waals surface area contributed by atoms with Crippen molar-refractivity contribution in [2.45, 2.75) is 13.0 Å². The molecule has 0 saturated carbocycles. The zero-order valence-electron chi connectivity index (χ0n) is 10.4. The van der Waals surface area contributed by atoms with Crippen molar-refractivity contribution < 1.29 is 4.74 Å². The molecule has 0 amide bonds. The van der Waals surface area contributed by atoms with Gasteiger partial charge in [0.1, 0.15) is 5.69 Å². The zero-order chi connectivity index (χ0) is 12.4. The van der Waals surface area contributed by atoms with Gasteiger partial charge in [-0.05, 0) is 14.0 Å². The maximum atomic E-state index is 5.33. The quantitative estimate of drug-likeness (QED) is 0.896. The average Bonchev–Trinajstić information content (AvgIpc) is 2.89. The normalized spacial score (nSPS) is 12.7. The first kappa shape index (κ1) is 12.1. The van der Waals surface area contributed by atoms with E-state index >= 15 is 0 Å². The fourth-order valence-electron chi connectivity index (χ4n) is 1.85. The summed E-state index contributed by atoms with van der Waals surface area (Å²) in [4.78, 5) is 4.51. The van der Waals surface area contributed by atoms with Crippen LogP contribution in [0.25, 0.3) is 0 Å². The minimum absolute atomic E-state index is 0.00222. The van der Waals surface area contributed by atoms with Crippen molar-refractivity contribution in [3.05, 3.63) is 28.0 Å². The lowest BCUT2D eigenvalue weighted by molar-refractivity contribution is 0.402. The number of nitrogens with one attached hydrogen (secondary N) is 1. The SMILES string of the molecule is CNC(c1csc(C)n1)c1c(OC)cnn1C. The summed E-state index contributed by atoms with van der Waals surface area (Å²) in [6, 6.07) is 0.00222. The maximum Gasteiger partial charge on any atom is 0.161 e. The van der Waals surface area contributed by atoms with Crippen LogP contribution >= 0.6 is 11.3 Å². The number of methoxy groups -OCH3 is 1. The number of aromatic nitrogens is 3. The standard InChI is InChI=1S/C11H16N4OS/c1-7-14-8(6-17-7)10(12-2)11-9(16-4)5-13-15(11)3/h5-6,10,12H,1-4H3. The fourth-order valence-corrected chi connectivity index (χ4v) is 2.49. The van der Waals surface area contributed by atoms with Crippen molar-refractivity contribution in [2.75, 3.05) is 14.2 Å². The van der Waals surface area contributed by atoms with E-state index in [0.29, 0.717) is 0 Å². The molecule has 2 heterocycles. The molecule has 17 heavy (non-hydrogen) atoms. The Morgan fingerprint density at radius 2 is 2.29 bits per heavy atom. The van der Waals surface area contributed by atoms with Gasteiger partial charge in [-0.3, -0.25) is 4.68 Å². The Kier molecular flexibility index (Phi) is 3.44. The number of nitrogens with zero attached hydrogens (tertiary/aromatic N) is 3. The van der Waals surface area contributed by atoms with E-state index in [2.05, 4.69) is 20.8 Å². The molecule has 1 atom stereocenters. The number of hydrogen-bond donors (Lipinski definition) is 1. The predicted molar refractivity (Wildman–Crippen MR) is 67.5 cm³/mol. The van der Waals surface area contributed by atoms with E-state index in [1.54, 1.807) is 24.6 Å². The van der Waals surface area contributed by atoms with Crippen LogP contribution in [0.1, 0.15) is 22.4 Å². The van der Waals surface area contributed by atoms with Gasteiger partial charge < -0.3 is 10.1 Å². The topological polar surface area (TPSA) is 52.0 Å². The van der Waals surface area contributed by atoms with Crippen LogP contribution in [0.3, 0.4) is 0 Å². The van der Waals surface area contributed by atoms with Crippen LogP contribution in [-0.2, 0) is 7.05 Å². The first-order chi connectivity index (χ1) is 8.17. The molecule has 92 valence electrons. The van der Waals surface area contributed by atoms with Gasteiger partial charge >= 0.3 is 0 Å². The molecule has 1 N–H and O–H groups in total. The van der Waals surface area contributed by atoms with Gasteiger partial charge in [-0.2, -0.15) is 5.10 Å². The highest BCUT2D eigenvalue weighted by molar-refractivity contribution is 7.09. The summed E-state index contributed by atoms with van der Waals surface area (Å²) in [5.74, 6) is 0.775. The van der Waals surface area contributed by atoms with Gasteiger partial charge in [-0.15, -0.1) is 11.3 Å². The Bertz CT molecular complexity index is 505. The van der Waals surface area contributed by atoms with E-state index in [-0.39, 0.29) is 6.04 Å². The first-order valence-electron chi connectivity index (χ1n) is 5.32. The smallest absolute Gasteiger partial charge is 0.161 e. The number of rotatable bonds is 4. The van der Waals surface area contributed by atoms with Gasteiger partial charge in [0.05, 0.1) is 30.1 Å². The highest BCUT2D eigenvalue weighted by Crippen LogP contribution is 2.29. The van der Waals surface area contributed by atoms with Gasteiger partial charge in [0, 0.05) is 12.4 Å². The monoisotopic (exact) mass is 252 g/mol. The largest absolute Gasteiger partial charge is 0.493 e. The molecule has 0 aliphatic heterocycles. The Morgan fingerprint density at radius 1 is 1.53 bits per heavy atom. The Morgan fingerprint density at radius 3 is 2.82 bits per heavy atom. The summed E-state index contributed by atoms with van der Waals surface area (Å²) in [7, 11) is 5.47. The van der Waals surface area contributed by atoms with Gasteiger partial charge in [-0.25, -0.2) is 4.98 Å². The van der Waals surface area contributed by atoms with Crippen LogP contribution in [-0.4, -0.2) is 28.9 Å². The number of ether oxygens (including phenoxy) is 1. The summed E-state index contributed by atoms with van der Waals surface area (Å²) in [5.41, 5.74) is 1.98. The van der Waals surface area contributed by atoms with Crippen molar-refractivity contribution in [3.8, 4) is 5.75 Å². The molecule has 2 aromatic rings. The second-order valence-corrected chi connectivity index (χ2v) is 4.80. The lowest BCUT2D eigenvalue weighted by Gasteiger charge is -2.15. The number of aryl methyl sites for hydroxylation is 2. The van der Waals surface area contributed by atoms with Crippen molar-refractivity contribution in [3.63, 3.8) is 0 Å². The van der Waals surface area contributed by atoms with E-state index in [9.17, 15) is 0 Å². The van der Waals surface area contributed by atoms with Crippen LogP contribution in [0.15, 0.2) is 11.6 Å². The van der Waals surface area contributed by atoms with Crippen LogP contribution < -0.4 is 10.1 Å². The molecule has 0 fully saturated rings. The Balaban J connectivity index is 2.44. The summed E-state index contributed by atoms with van der Waals surface area (Å²) >= 11 is 1.64. The van der Waals surface area contributed by atoms with Gasteiger partial charge in [0.15, 0.2) is 5.75 Å². The molecule has 2 rings (SSSR count). The Labute approximate surface area is 104 Å².